The molecular formula is C21H19ClN2O6. The number of aromatic hydroxyl groups is 1. The molecule has 9 heteroatoms. The van der Waals surface area contributed by atoms with Crippen molar-refractivity contribution < 1.29 is 28.9 Å². The van der Waals surface area contributed by atoms with E-state index in [1.165, 1.54) is 49.6 Å². The molecule has 0 saturated heterocycles. The van der Waals surface area contributed by atoms with Crippen LogP contribution in [0.5, 0.6) is 17.2 Å². The highest BCUT2D eigenvalue weighted by molar-refractivity contribution is 6.32. The van der Waals surface area contributed by atoms with E-state index in [1.54, 1.807) is 6.92 Å². The summed E-state index contributed by atoms with van der Waals surface area (Å²) in [5.74, 6) is -0.778. The molecule has 0 fully saturated rings. The fourth-order valence-corrected chi connectivity index (χ4v) is 2.60. The van der Waals surface area contributed by atoms with E-state index in [0.29, 0.717) is 17.9 Å². The van der Waals surface area contributed by atoms with Crippen molar-refractivity contribution in [3.05, 3.63) is 52.6 Å². The Morgan fingerprint density at radius 2 is 1.93 bits per heavy atom. The van der Waals surface area contributed by atoms with Crippen LogP contribution in [0, 0.1) is 11.3 Å². The zero-order valence-electron chi connectivity index (χ0n) is 16.3. The highest BCUT2D eigenvalue weighted by atomic mass is 35.5. The molecule has 0 unspecified atom stereocenters. The van der Waals surface area contributed by atoms with E-state index in [1.807, 2.05) is 6.07 Å². The lowest BCUT2D eigenvalue weighted by atomic mass is 10.1. The molecule has 0 atom stereocenters. The van der Waals surface area contributed by atoms with Crippen molar-refractivity contribution >= 4 is 35.2 Å². The molecular weight excluding hydrogens is 412 g/mol. The molecule has 8 nitrogen and oxygen atoms in total. The van der Waals surface area contributed by atoms with Gasteiger partial charge in [0.1, 0.15) is 17.4 Å². The summed E-state index contributed by atoms with van der Waals surface area (Å²) < 4.78 is 15.4. The first-order chi connectivity index (χ1) is 14.4. The van der Waals surface area contributed by atoms with Crippen LogP contribution >= 0.6 is 11.6 Å². The number of esters is 1. The second kappa shape index (κ2) is 10.7. The summed E-state index contributed by atoms with van der Waals surface area (Å²) >= 11 is 6.25. The molecule has 0 aliphatic rings. The number of hydrogen-bond acceptors (Lipinski definition) is 7. The monoisotopic (exact) mass is 430 g/mol. The van der Waals surface area contributed by atoms with Crippen molar-refractivity contribution in [2.75, 3.05) is 25.6 Å². The number of hydrogen-bond donors (Lipinski definition) is 2. The van der Waals surface area contributed by atoms with Gasteiger partial charge < -0.3 is 24.6 Å². The standard InChI is InChI=1S/C21H19ClN2O6/c1-3-29-18-10-13(9-17(22)20(18)30-12-19(26)28-2)8-14(11-23)21(27)24-15-4-6-16(25)7-5-15/h4-10,25H,3,12H2,1-2H3,(H,24,27)/b14-8+. The predicted molar refractivity (Wildman–Crippen MR) is 110 cm³/mol. The van der Waals surface area contributed by atoms with Crippen LogP contribution in [0.4, 0.5) is 5.69 Å². The maximum Gasteiger partial charge on any atom is 0.343 e. The molecule has 2 N–H and O–H groups in total. The summed E-state index contributed by atoms with van der Waals surface area (Å²) in [5.41, 5.74) is 0.662. The second-order valence-corrected chi connectivity index (χ2v) is 6.21. The number of nitriles is 1. The number of carbonyl (C=O) groups is 2. The Morgan fingerprint density at radius 3 is 2.53 bits per heavy atom. The number of benzene rings is 2. The summed E-state index contributed by atoms with van der Waals surface area (Å²) in [4.78, 5) is 23.7. The molecule has 0 radical (unpaired) electrons. The molecule has 30 heavy (non-hydrogen) atoms. The van der Waals surface area contributed by atoms with Gasteiger partial charge in [0, 0.05) is 5.69 Å². The van der Waals surface area contributed by atoms with E-state index >= 15 is 0 Å². The van der Waals surface area contributed by atoms with Crippen LogP contribution in [-0.4, -0.2) is 37.3 Å². The fraction of sp³-hybridized carbons (Fsp3) is 0.190. The third kappa shape index (κ3) is 6.15. The molecule has 156 valence electrons. The van der Waals surface area contributed by atoms with E-state index < -0.39 is 11.9 Å². The largest absolute Gasteiger partial charge is 0.508 e. The number of phenolic OH excluding ortho intramolecular Hbond substituents is 1. The van der Waals surface area contributed by atoms with E-state index in [-0.39, 0.29) is 34.5 Å². The summed E-state index contributed by atoms with van der Waals surface area (Å²) in [5, 5.41) is 21.4. The maximum atomic E-state index is 12.4. The van der Waals surface area contributed by atoms with Gasteiger partial charge in [0.2, 0.25) is 0 Å². The zero-order chi connectivity index (χ0) is 22.1. The normalized spacial score (nSPS) is 10.7. The Labute approximate surface area is 178 Å². The van der Waals surface area contributed by atoms with Crippen LogP contribution in [0.2, 0.25) is 5.02 Å². The maximum absolute atomic E-state index is 12.4. The number of rotatable bonds is 8. The van der Waals surface area contributed by atoms with Gasteiger partial charge in [0.05, 0.1) is 18.7 Å². The van der Waals surface area contributed by atoms with Crippen molar-refractivity contribution in [3.8, 4) is 23.3 Å². The Morgan fingerprint density at radius 1 is 1.23 bits per heavy atom. The Hall–Kier alpha value is -3.70. The van der Waals surface area contributed by atoms with E-state index in [0.717, 1.165) is 0 Å². The number of carbonyl (C=O) groups excluding carboxylic acids is 2. The average molecular weight is 431 g/mol. The van der Waals surface area contributed by atoms with Crippen molar-refractivity contribution in [2.24, 2.45) is 0 Å². The van der Waals surface area contributed by atoms with Crippen molar-refractivity contribution in [1.29, 1.82) is 5.26 Å². The van der Waals surface area contributed by atoms with Gasteiger partial charge in [0.25, 0.3) is 5.91 Å². The quantitative estimate of drug-likeness (QED) is 0.284. The molecule has 0 aromatic heterocycles. The minimum Gasteiger partial charge on any atom is -0.508 e. The lowest BCUT2D eigenvalue weighted by molar-refractivity contribution is -0.142. The van der Waals surface area contributed by atoms with Gasteiger partial charge in [-0.25, -0.2) is 4.79 Å². The van der Waals surface area contributed by atoms with Gasteiger partial charge in [-0.2, -0.15) is 5.26 Å². The third-order valence-corrected chi connectivity index (χ3v) is 3.98. The SMILES string of the molecule is CCOc1cc(/C=C(\C#N)C(=O)Nc2ccc(O)cc2)cc(Cl)c1OCC(=O)OC. The number of phenols is 1. The van der Waals surface area contributed by atoms with Crippen LogP contribution in [0.25, 0.3) is 6.08 Å². The Bertz CT molecular complexity index is 996. The van der Waals surface area contributed by atoms with Gasteiger partial charge in [-0.1, -0.05) is 11.6 Å². The molecule has 2 aromatic rings. The third-order valence-electron chi connectivity index (χ3n) is 3.69. The lowest BCUT2D eigenvalue weighted by Crippen LogP contribution is -2.14. The topological polar surface area (TPSA) is 118 Å². The lowest BCUT2D eigenvalue weighted by Gasteiger charge is -2.14. The molecule has 1 amide bonds. The number of nitrogens with zero attached hydrogens (tertiary/aromatic N) is 1. The number of amides is 1. The Balaban J connectivity index is 2.30. The van der Waals surface area contributed by atoms with E-state index in [9.17, 15) is 20.0 Å². The molecule has 0 heterocycles. The highest BCUT2D eigenvalue weighted by Crippen LogP contribution is 2.37. The van der Waals surface area contributed by atoms with Crippen LogP contribution in [0.3, 0.4) is 0 Å². The summed E-state index contributed by atoms with van der Waals surface area (Å²) in [6.07, 6.45) is 1.34. The average Bonchev–Trinajstić information content (AvgIpc) is 2.72. The second-order valence-electron chi connectivity index (χ2n) is 5.80. The van der Waals surface area contributed by atoms with E-state index in [2.05, 4.69) is 10.1 Å². The first-order valence-corrected chi connectivity index (χ1v) is 9.13. The molecule has 0 bridgehead atoms. The number of anilines is 1. The molecule has 0 aliphatic heterocycles. The predicted octanol–water partition coefficient (Wildman–Crippen LogP) is 3.54. The van der Waals surface area contributed by atoms with Crippen molar-refractivity contribution in [1.82, 2.24) is 0 Å². The van der Waals surface area contributed by atoms with Crippen LogP contribution in [-0.2, 0) is 14.3 Å². The summed E-state index contributed by atoms with van der Waals surface area (Å²) in [6.45, 7) is 1.70. The van der Waals surface area contributed by atoms with Gasteiger partial charge in [0.15, 0.2) is 18.1 Å². The smallest absolute Gasteiger partial charge is 0.343 e. The van der Waals surface area contributed by atoms with Crippen molar-refractivity contribution in [2.45, 2.75) is 6.92 Å². The number of nitrogens with one attached hydrogen (secondary N) is 1. The van der Waals surface area contributed by atoms with Crippen molar-refractivity contribution in [3.63, 3.8) is 0 Å². The van der Waals surface area contributed by atoms with Gasteiger partial charge >= 0.3 is 5.97 Å². The summed E-state index contributed by atoms with van der Waals surface area (Å²) in [6, 6.07) is 10.7. The first-order valence-electron chi connectivity index (χ1n) is 8.76. The van der Waals surface area contributed by atoms with Crippen LogP contribution in [0.1, 0.15) is 12.5 Å². The van der Waals surface area contributed by atoms with Crippen LogP contribution in [0.15, 0.2) is 42.0 Å². The molecule has 0 aliphatic carbocycles. The molecule has 2 rings (SSSR count). The van der Waals surface area contributed by atoms with Gasteiger partial charge in [-0.15, -0.1) is 0 Å². The summed E-state index contributed by atoms with van der Waals surface area (Å²) in [7, 11) is 1.23. The zero-order valence-corrected chi connectivity index (χ0v) is 17.0. The Kier molecular flexibility index (Phi) is 8.08. The highest BCUT2D eigenvalue weighted by Gasteiger charge is 2.16. The molecule has 2 aromatic carbocycles. The number of halogens is 1. The fourth-order valence-electron chi connectivity index (χ4n) is 2.32. The van der Waals surface area contributed by atoms with Gasteiger partial charge in [-0.3, -0.25) is 4.79 Å². The van der Waals surface area contributed by atoms with Gasteiger partial charge in [-0.05, 0) is 55.0 Å². The van der Waals surface area contributed by atoms with E-state index in [4.69, 9.17) is 21.1 Å². The number of methoxy groups -OCH3 is 1. The minimum absolute atomic E-state index is 0.0525. The molecule has 0 spiro atoms. The van der Waals surface area contributed by atoms with Crippen LogP contribution < -0.4 is 14.8 Å². The minimum atomic E-state index is -0.636. The number of ether oxygens (including phenoxy) is 3. The first kappa shape index (κ1) is 22.6. The molecule has 0 saturated carbocycles.